The molecule has 0 aliphatic heterocycles. The first-order valence-corrected chi connectivity index (χ1v) is 7.81. The number of ether oxygens (including phenoxy) is 1. The van der Waals surface area contributed by atoms with Crippen LogP contribution in [0.15, 0.2) is 48.5 Å². The molecule has 2 aromatic rings. The molecule has 0 heterocycles. The summed E-state index contributed by atoms with van der Waals surface area (Å²) >= 11 is 5.92. The number of halogens is 1. The van der Waals surface area contributed by atoms with E-state index < -0.39 is 6.10 Å². The lowest BCUT2D eigenvalue weighted by atomic mass is 10.1. The van der Waals surface area contributed by atoms with Crippen LogP contribution in [0.4, 0.5) is 0 Å². The quantitative estimate of drug-likeness (QED) is 0.929. The molecule has 1 N–H and O–H groups in total. The van der Waals surface area contributed by atoms with Crippen LogP contribution in [0.25, 0.3) is 0 Å². The zero-order chi connectivity index (χ0) is 15.5. The number of benzene rings is 2. The van der Waals surface area contributed by atoms with Gasteiger partial charge in [0.25, 0.3) is 5.91 Å². The molecular weight excluding hydrogens is 298 g/mol. The standard InChI is InChI=1S/C18H18ClNO2/c1-12(22-15-7-4-6-14(19)11-15)18(21)20-17-10-9-13-5-2-3-8-16(13)17/h2-8,11-12,17H,9-10H2,1H3,(H,20,21)/t12-,17-/m0/s1. The minimum atomic E-state index is -0.564. The summed E-state index contributed by atoms with van der Waals surface area (Å²) in [4.78, 5) is 12.3. The SMILES string of the molecule is C[C@H](Oc1cccc(Cl)c1)C(=O)N[C@H]1CCc2ccccc21. The summed E-state index contributed by atoms with van der Waals surface area (Å²) in [6.07, 6.45) is 1.38. The van der Waals surface area contributed by atoms with Crippen LogP contribution in [-0.4, -0.2) is 12.0 Å². The molecule has 22 heavy (non-hydrogen) atoms. The number of fused-ring (bicyclic) bond motifs is 1. The fraction of sp³-hybridized carbons (Fsp3) is 0.278. The molecule has 0 saturated heterocycles. The van der Waals surface area contributed by atoms with Gasteiger partial charge in [-0.3, -0.25) is 4.79 Å². The van der Waals surface area contributed by atoms with E-state index in [-0.39, 0.29) is 11.9 Å². The van der Waals surface area contributed by atoms with Crippen molar-refractivity contribution in [2.45, 2.75) is 31.9 Å². The Kier molecular flexibility index (Phi) is 4.34. The summed E-state index contributed by atoms with van der Waals surface area (Å²) in [5.74, 6) is 0.489. The number of hydrogen-bond acceptors (Lipinski definition) is 2. The van der Waals surface area contributed by atoms with Crippen LogP contribution >= 0.6 is 11.6 Å². The first-order valence-electron chi connectivity index (χ1n) is 7.44. The van der Waals surface area contributed by atoms with Gasteiger partial charge >= 0.3 is 0 Å². The highest BCUT2D eigenvalue weighted by atomic mass is 35.5. The Morgan fingerprint density at radius 1 is 1.27 bits per heavy atom. The topological polar surface area (TPSA) is 38.3 Å². The predicted octanol–water partition coefficient (Wildman–Crippen LogP) is 3.91. The van der Waals surface area contributed by atoms with Gasteiger partial charge in [-0.1, -0.05) is 41.9 Å². The van der Waals surface area contributed by atoms with E-state index in [0.717, 1.165) is 12.8 Å². The first-order chi connectivity index (χ1) is 10.6. The molecular formula is C18H18ClNO2. The molecule has 0 unspecified atom stereocenters. The second kappa shape index (κ2) is 6.41. The maximum Gasteiger partial charge on any atom is 0.261 e. The third-order valence-electron chi connectivity index (χ3n) is 3.93. The number of aryl methyl sites for hydroxylation is 1. The molecule has 1 aliphatic carbocycles. The minimum Gasteiger partial charge on any atom is -0.481 e. The number of carbonyl (C=O) groups is 1. The number of hydrogen-bond donors (Lipinski definition) is 1. The molecule has 1 amide bonds. The zero-order valence-corrected chi connectivity index (χ0v) is 13.1. The number of nitrogens with one attached hydrogen (secondary N) is 1. The summed E-state index contributed by atoms with van der Waals surface area (Å²) in [6.45, 7) is 1.75. The van der Waals surface area contributed by atoms with E-state index in [4.69, 9.17) is 16.3 Å². The van der Waals surface area contributed by atoms with Gasteiger partial charge in [-0.05, 0) is 49.1 Å². The van der Waals surface area contributed by atoms with E-state index in [1.165, 1.54) is 11.1 Å². The molecule has 2 aromatic carbocycles. The smallest absolute Gasteiger partial charge is 0.261 e. The van der Waals surface area contributed by atoms with Crippen molar-refractivity contribution in [3.63, 3.8) is 0 Å². The molecule has 2 atom stereocenters. The Balaban J connectivity index is 1.63. The van der Waals surface area contributed by atoms with Crippen LogP contribution in [0.2, 0.25) is 5.02 Å². The van der Waals surface area contributed by atoms with Gasteiger partial charge in [0.2, 0.25) is 0 Å². The Morgan fingerprint density at radius 2 is 2.09 bits per heavy atom. The van der Waals surface area contributed by atoms with Gasteiger partial charge in [-0.15, -0.1) is 0 Å². The molecule has 0 saturated carbocycles. The monoisotopic (exact) mass is 315 g/mol. The van der Waals surface area contributed by atoms with E-state index in [9.17, 15) is 4.79 Å². The predicted molar refractivity (Wildman–Crippen MR) is 87.2 cm³/mol. The van der Waals surface area contributed by atoms with E-state index in [1.54, 1.807) is 31.2 Å². The van der Waals surface area contributed by atoms with E-state index in [2.05, 4.69) is 17.4 Å². The zero-order valence-electron chi connectivity index (χ0n) is 12.4. The average Bonchev–Trinajstić information content (AvgIpc) is 2.90. The fourth-order valence-electron chi connectivity index (χ4n) is 2.79. The number of rotatable bonds is 4. The largest absolute Gasteiger partial charge is 0.481 e. The molecule has 4 heteroatoms. The Labute approximate surface area is 135 Å². The highest BCUT2D eigenvalue weighted by molar-refractivity contribution is 6.30. The molecule has 1 aliphatic rings. The summed E-state index contributed by atoms with van der Waals surface area (Å²) in [6, 6.07) is 15.4. The molecule has 0 aromatic heterocycles. The summed E-state index contributed by atoms with van der Waals surface area (Å²) in [5.41, 5.74) is 2.53. The van der Waals surface area contributed by atoms with Crippen molar-refractivity contribution in [2.24, 2.45) is 0 Å². The van der Waals surface area contributed by atoms with Gasteiger partial charge in [-0.2, -0.15) is 0 Å². The van der Waals surface area contributed by atoms with Crippen LogP contribution in [0.3, 0.4) is 0 Å². The van der Waals surface area contributed by atoms with Crippen molar-refractivity contribution in [1.29, 1.82) is 0 Å². The van der Waals surface area contributed by atoms with E-state index in [1.807, 2.05) is 12.1 Å². The molecule has 0 spiro atoms. The van der Waals surface area contributed by atoms with Crippen LogP contribution in [0, 0.1) is 0 Å². The molecule has 3 nitrogen and oxygen atoms in total. The van der Waals surface area contributed by atoms with Crippen molar-refractivity contribution in [3.8, 4) is 5.75 Å². The fourth-order valence-corrected chi connectivity index (χ4v) is 2.97. The Morgan fingerprint density at radius 3 is 2.91 bits per heavy atom. The third-order valence-corrected chi connectivity index (χ3v) is 4.16. The maximum atomic E-state index is 12.3. The normalized spacial score (nSPS) is 17.6. The number of carbonyl (C=O) groups excluding carboxylic acids is 1. The van der Waals surface area contributed by atoms with Crippen LogP contribution in [0.1, 0.15) is 30.5 Å². The van der Waals surface area contributed by atoms with Crippen molar-refractivity contribution in [1.82, 2.24) is 5.32 Å². The molecule has 114 valence electrons. The van der Waals surface area contributed by atoms with Gasteiger partial charge in [0.1, 0.15) is 5.75 Å². The molecule has 0 bridgehead atoms. The van der Waals surface area contributed by atoms with Crippen molar-refractivity contribution >= 4 is 17.5 Å². The highest BCUT2D eigenvalue weighted by Crippen LogP contribution is 2.30. The second-order valence-electron chi connectivity index (χ2n) is 5.52. The Bertz CT molecular complexity index is 686. The van der Waals surface area contributed by atoms with Gasteiger partial charge in [0.15, 0.2) is 6.10 Å². The average molecular weight is 316 g/mol. The lowest BCUT2D eigenvalue weighted by Crippen LogP contribution is -2.38. The minimum absolute atomic E-state index is 0.0779. The van der Waals surface area contributed by atoms with Gasteiger partial charge < -0.3 is 10.1 Å². The molecule has 0 radical (unpaired) electrons. The lowest BCUT2D eigenvalue weighted by molar-refractivity contribution is -0.128. The second-order valence-corrected chi connectivity index (χ2v) is 5.95. The van der Waals surface area contributed by atoms with Crippen LogP contribution in [0.5, 0.6) is 5.75 Å². The van der Waals surface area contributed by atoms with E-state index >= 15 is 0 Å². The number of amides is 1. The molecule has 3 rings (SSSR count). The maximum absolute atomic E-state index is 12.3. The lowest BCUT2D eigenvalue weighted by Gasteiger charge is -2.19. The van der Waals surface area contributed by atoms with Gasteiger partial charge in [0, 0.05) is 5.02 Å². The van der Waals surface area contributed by atoms with Crippen molar-refractivity contribution in [2.75, 3.05) is 0 Å². The molecule has 0 fully saturated rings. The summed E-state index contributed by atoms with van der Waals surface area (Å²) in [5, 5.41) is 3.67. The van der Waals surface area contributed by atoms with Crippen LogP contribution in [-0.2, 0) is 11.2 Å². The van der Waals surface area contributed by atoms with Gasteiger partial charge in [-0.25, -0.2) is 0 Å². The van der Waals surface area contributed by atoms with Gasteiger partial charge in [0.05, 0.1) is 6.04 Å². The third kappa shape index (κ3) is 3.25. The summed E-state index contributed by atoms with van der Waals surface area (Å²) in [7, 11) is 0. The van der Waals surface area contributed by atoms with Crippen molar-refractivity contribution in [3.05, 3.63) is 64.7 Å². The van der Waals surface area contributed by atoms with Crippen molar-refractivity contribution < 1.29 is 9.53 Å². The van der Waals surface area contributed by atoms with Crippen LogP contribution < -0.4 is 10.1 Å². The first kappa shape index (κ1) is 14.9. The highest BCUT2D eigenvalue weighted by Gasteiger charge is 2.25. The summed E-state index contributed by atoms with van der Waals surface area (Å²) < 4.78 is 5.66. The Hall–Kier alpha value is -2.00. The van der Waals surface area contributed by atoms with E-state index in [0.29, 0.717) is 10.8 Å².